The Kier molecular flexibility index (Phi) is 5.21. The summed E-state index contributed by atoms with van der Waals surface area (Å²) < 4.78 is 13.5. The van der Waals surface area contributed by atoms with E-state index < -0.39 is 0 Å². The summed E-state index contributed by atoms with van der Waals surface area (Å²) in [6, 6.07) is 16.8. The van der Waals surface area contributed by atoms with Gasteiger partial charge in [0, 0.05) is 12.2 Å². The minimum absolute atomic E-state index is 0.0945. The van der Waals surface area contributed by atoms with Gasteiger partial charge in [-0.15, -0.1) is 0 Å². The molecule has 4 aromatic rings. The lowest BCUT2D eigenvalue weighted by Crippen LogP contribution is -2.32. The first-order valence-corrected chi connectivity index (χ1v) is 11.0. The average molecular weight is 429 g/mol. The molecule has 0 saturated carbocycles. The fraction of sp³-hybridized carbons (Fsp3) is 0.269. The van der Waals surface area contributed by atoms with E-state index in [1.807, 2.05) is 11.8 Å². The summed E-state index contributed by atoms with van der Waals surface area (Å²) in [7, 11) is 0. The minimum Gasteiger partial charge on any atom is -0.334 e. The lowest BCUT2D eigenvalue weighted by molar-refractivity contribution is 0.0722. The third-order valence-corrected chi connectivity index (χ3v) is 6.19. The van der Waals surface area contributed by atoms with Crippen molar-refractivity contribution in [3.8, 4) is 0 Å². The van der Waals surface area contributed by atoms with Gasteiger partial charge in [0.15, 0.2) is 5.82 Å². The SMILES string of the molecule is Cc1cc(Cc2ccccc2C)cc(C2CCCN2C(=O)c2nc3ccc(F)cc3[nH]2)n1. The smallest absolute Gasteiger partial charge is 0.290 e. The number of aromatic amines is 1. The molecular weight excluding hydrogens is 403 g/mol. The summed E-state index contributed by atoms with van der Waals surface area (Å²) >= 11 is 0. The Morgan fingerprint density at radius 3 is 2.81 bits per heavy atom. The Labute approximate surface area is 186 Å². The number of rotatable bonds is 4. The molecule has 2 aromatic carbocycles. The van der Waals surface area contributed by atoms with Gasteiger partial charge in [0.25, 0.3) is 5.91 Å². The van der Waals surface area contributed by atoms with Crippen molar-refractivity contribution >= 4 is 16.9 Å². The summed E-state index contributed by atoms with van der Waals surface area (Å²) in [6.07, 6.45) is 2.60. The molecule has 0 spiro atoms. The lowest BCUT2D eigenvalue weighted by atomic mass is 9.98. The average Bonchev–Trinajstić information content (AvgIpc) is 3.41. The van der Waals surface area contributed by atoms with Crippen molar-refractivity contribution < 1.29 is 9.18 Å². The molecule has 6 heteroatoms. The van der Waals surface area contributed by atoms with Crippen molar-refractivity contribution in [2.75, 3.05) is 6.54 Å². The third kappa shape index (κ3) is 3.88. The van der Waals surface area contributed by atoms with Crippen LogP contribution < -0.4 is 0 Å². The Bertz CT molecular complexity index is 1310. The number of fused-ring (bicyclic) bond motifs is 1. The van der Waals surface area contributed by atoms with Gasteiger partial charge in [0.2, 0.25) is 0 Å². The molecule has 3 heterocycles. The standard InChI is InChI=1S/C26H25FN4O/c1-16-6-3-4-7-19(16)13-18-12-17(2)28-23(14-18)24-8-5-11-31(24)26(32)25-29-21-10-9-20(27)15-22(21)30-25/h3-4,6-7,9-10,12,14-15,24H,5,8,11,13H2,1-2H3,(H,29,30). The van der Waals surface area contributed by atoms with Gasteiger partial charge in [-0.05, 0) is 80.1 Å². The summed E-state index contributed by atoms with van der Waals surface area (Å²) in [6.45, 7) is 4.78. The molecule has 32 heavy (non-hydrogen) atoms. The number of carbonyl (C=O) groups excluding carboxylic acids is 1. The molecular formula is C26H25FN4O. The number of hydrogen-bond acceptors (Lipinski definition) is 3. The van der Waals surface area contributed by atoms with Crippen molar-refractivity contribution in [3.05, 3.63) is 94.3 Å². The highest BCUT2D eigenvalue weighted by molar-refractivity contribution is 5.94. The number of hydrogen-bond donors (Lipinski definition) is 1. The highest BCUT2D eigenvalue weighted by Crippen LogP contribution is 2.33. The van der Waals surface area contributed by atoms with Crippen LogP contribution in [0.25, 0.3) is 11.0 Å². The molecule has 1 unspecified atom stereocenters. The highest BCUT2D eigenvalue weighted by Gasteiger charge is 2.33. The van der Waals surface area contributed by atoms with Crippen LogP contribution in [-0.4, -0.2) is 32.3 Å². The van der Waals surface area contributed by atoms with Crippen molar-refractivity contribution in [2.24, 2.45) is 0 Å². The molecule has 0 aliphatic carbocycles. The van der Waals surface area contributed by atoms with Crippen LogP contribution in [0.15, 0.2) is 54.6 Å². The molecule has 0 radical (unpaired) electrons. The summed E-state index contributed by atoms with van der Waals surface area (Å²) in [5.41, 5.74) is 6.73. The van der Waals surface area contributed by atoms with E-state index in [9.17, 15) is 9.18 Å². The number of likely N-dealkylation sites (tertiary alicyclic amines) is 1. The molecule has 1 fully saturated rings. The predicted molar refractivity (Wildman–Crippen MR) is 122 cm³/mol. The van der Waals surface area contributed by atoms with Crippen LogP contribution in [0.5, 0.6) is 0 Å². The quantitative estimate of drug-likeness (QED) is 0.481. The monoisotopic (exact) mass is 428 g/mol. The second-order valence-corrected chi connectivity index (χ2v) is 8.55. The van der Waals surface area contributed by atoms with E-state index in [0.29, 0.717) is 17.6 Å². The van der Waals surface area contributed by atoms with E-state index >= 15 is 0 Å². The van der Waals surface area contributed by atoms with Crippen LogP contribution in [0.4, 0.5) is 4.39 Å². The molecule has 1 saturated heterocycles. The number of aryl methyl sites for hydroxylation is 2. The Morgan fingerprint density at radius 1 is 1.12 bits per heavy atom. The van der Waals surface area contributed by atoms with E-state index in [-0.39, 0.29) is 23.6 Å². The molecule has 2 aromatic heterocycles. The van der Waals surface area contributed by atoms with Crippen LogP contribution in [0.3, 0.4) is 0 Å². The van der Waals surface area contributed by atoms with E-state index in [0.717, 1.165) is 30.7 Å². The van der Waals surface area contributed by atoms with Crippen LogP contribution >= 0.6 is 0 Å². The number of nitrogens with one attached hydrogen (secondary N) is 1. The second-order valence-electron chi connectivity index (χ2n) is 8.55. The number of benzene rings is 2. The number of aromatic nitrogens is 3. The first-order valence-electron chi connectivity index (χ1n) is 11.0. The zero-order chi connectivity index (χ0) is 22.2. The van der Waals surface area contributed by atoms with Crippen molar-refractivity contribution in [1.82, 2.24) is 19.9 Å². The van der Waals surface area contributed by atoms with Gasteiger partial charge in [-0.2, -0.15) is 0 Å². The molecule has 1 aliphatic heterocycles. The van der Waals surface area contributed by atoms with Gasteiger partial charge in [-0.25, -0.2) is 9.37 Å². The van der Waals surface area contributed by atoms with Crippen LogP contribution in [-0.2, 0) is 6.42 Å². The van der Waals surface area contributed by atoms with Gasteiger partial charge in [-0.3, -0.25) is 9.78 Å². The fourth-order valence-electron chi connectivity index (χ4n) is 4.61. The Hall–Kier alpha value is -3.54. The van der Waals surface area contributed by atoms with Crippen LogP contribution in [0.2, 0.25) is 0 Å². The van der Waals surface area contributed by atoms with Crippen LogP contribution in [0.1, 0.15) is 57.6 Å². The molecule has 1 amide bonds. The minimum atomic E-state index is -0.357. The first-order chi connectivity index (χ1) is 15.5. The van der Waals surface area contributed by atoms with Crippen molar-refractivity contribution in [1.29, 1.82) is 0 Å². The molecule has 1 N–H and O–H groups in total. The van der Waals surface area contributed by atoms with E-state index in [1.165, 1.54) is 28.8 Å². The maximum atomic E-state index is 13.5. The molecule has 0 bridgehead atoms. The number of nitrogens with zero attached hydrogens (tertiary/aromatic N) is 3. The summed E-state index contributed by atoms with van der Waals surface area (Å²) in [5.74, 6) is -0.289. The molecule has 5 nitrogen and oxygen atoms in total. The zero-order valence-electron chi connectivity index (χ0n) is 18.2. The van der Waals surface area contributed by atoms with E-state index in [1.54, 1.807) is 6.07 Å². The number of halogens is 1. The van der Waals surface area contributed by atoms with Crippen molar-refractivity contribution in [2.45, 2.75) is 39.2 Å². The highest BCUT2D eigenvalue weighted by atomic mass is 19.1. The molecule has 5 rings (SSSR count). The number of pyridine rings is 1. The van der Waals surface area contributed by atoms with Crippen LogP contribution in [0, 0.1) is 19.7 Å². The predicted octanol–water partition coefficient (Wildman–Crippen LogP) is 5.28. The van der Waals surface area contributed by atoms with Gasteiger partial charge in [0.1, 0.15) is 5.82 Å². The maximum Gasteiger partial charge on any atom is 0.290 e. The van der Waals surface area contributed by atoms with Gasteiger partial charge in [-0.1, -0.05) is 24.3 Å². The zero-order valence-corrected chi connectivity index (χ0v) is 18.2. The number of carbonyl (C=O) groups is 1. The third-order valence-electron chi connectivity index (χ3n) is 6.19. The number of amides is 1. The molecule has 1 aliphatic rings. The Morgan fingerprint density at radius 2 is 1.97 bits per heavy atom. The topological polar surface area (TPSA) is 61.9 Å². The van der Waals surface area contributed by atoms with E-state index in [2.05, 4.69) is 53.3 Å². The lowest BCUT2D eigenvalue weighted by Gasteiger charge is -2.24. The van der Waals surface area contributed by atoms with Gasteiger partial charge in [0.05, 0.1) is 22.8 Å². The van der Waals surface area contributed by atoms with Gasteiger partial charge < -0.3 is 9.88 Å². The number of imidazole rings is 1. The maximum absolute atomic E-state index is 13.5. The summed E-state index contributed by atoms with van der Waals surface area (Å²) in [5, 5.41) is 0. The Balaban J connectivity index is 1.44. The number of H-pyrrole nitrogens is 1. The summed E-state index contributed by atoms with van der Waals surface area (Å²) in [4.78, 5) is 27.3. The van der Waals surface area contributed by atoms with Gasteiger partial charge >= 0.3 is 0 Å². The van der Waals surface area contributed by atoms with Crippen molar-refractivity contribution in [3.63, 3.8) is 0 Å². The normalized spacial score (nSPS) is 16.1. The molecule has 1 atom stereocenters. The fourth-order valence-corrected chi connectivity index (χ4v) is 4.61. The second kappa shape index (κ2) is 8.19. The molecule has 162 valence electrons. The first kappa shape index (κ1) is 20.4. The van der Waals surface area contributed by atoms with E-state index in [4.69, 9.17) is 4.98 Å². The largest absolute Gasteiger partial charge is 0.334 e.